The van der Waals surface area contributed by atoms with E-state index in [4.69, 9.17) is 5.73 Å². The minimum Gasteiger partial charge on any atom is -0.399 e. The highest BCUT2D eigenvalue weighted by Crippen LogP contribution is 2.29. The van der Waals surface area contributed by atoms with Gasteiger partial charge >= 0.3 is 0 Å². The molecule has 3 nitrogen and oxygen atoms in total. The van der Waals surface area contributed by atoms with Gasteiger partial charge in [-0.3, -0.25) is 0 Å². The van der Waals surface area contributed by atoms with Gasteiger partial charge in [0.25, 0.3) is 0 Å². The second-order valence-corrected chi connectivity index (χ2v) is 5.08. The Labute approximate surface area is 103 Å². The van der Waals surface area contributed by atoms with Crippen LogP contribution in [0.2, 0.25) is 0 Å². The molecule has 3 N–H and O–H groups in total. The summed E-state index contributed by atoms with van der Waals surface area (Å²) in [4.78, 5) is 2.21. The fourth-order valence-electron chi connectivity index (χ4n) is 2.80. The van der Waals surface area contributed by atoms with Gasteiger partial charge in [-0.2, -0.15) is 0 Å². The zero-order valence-corrected chi connectivity index (χ0v) is 10.7. The number of hydrogen-bond acceptors (Lipinski definition) is 3. The lowest BCUT2D eigenvalue weighted by atomic mass is 9.91. The molecule has 0 aliphatic heterocycles. The third-order valence-electron chi connectivity index (χ3n) is 3.79. The molecule has 1 aliphatic carbocycles. The Morgan fingerprint density at radius 3 is 2.65 bits per heavy atom. The van der Waals surface area contributed by atoms with Gasteiger partial charge in [0.15, 0.2) is 0 Å². The first kappa shape index (κ1) is 12.2. The van der Waals surface area contributed by atoms with Gasteiger partial charge in [-0.05, 0) is 43.5 Å². The van der Waals surface area contributed by atoms with E-state index >= 15 is 0 Å². The van der Waals surface area contributed by atoms with Crippen molar-refractivity contribution in [2.75, 3.05) is 17.7 Å². The Hall–Kier alpha value is -1.22. The largest absolute Gasteiger partial charge is 0.399 e. The van der Waals surface area contributed by atoms with Crippen LogP contribution >= 0.6 is 0 Å². The SMILES string of the molecule is Cc1cc(N)ccc1N(C)C1CCCCC1O. The lowest BCUT2D eigenvalue weighted by molar-refractivity contribution is 0.106. The maximum Gasteiger partial charge on any atom is 0.0743 e. The number of aryl methyl sites for hydroxylation is 1. The van der Waals surface area contributed by atoms with Crippen molar-refractivity contribution in [2.24, 2.45) is 0 Å². The van der Waals surface area contributed by atoms with Crippen molar-refractivity contribution < 1.29 is 5.11 Å². The molecule has 0 radical (unpaired) electrons. The average molecular weight is 234 g/mol. The molecule has 0 bridgehead atoms. The van der Waals surface area contributed by atoms with Crippen LogP contribution in [0.3, 0.4) is 0 Å². The fraction of sp³-hybridized carbons (Fsp3) is 0.571. The van der Waals surface area contributed by atoms with Gasteiger partial charge < -0.3 is 15.7 Å². The summed E-state index contributed by atoms with van der Waals surface area (Å²) in [5.41, 5.74) is 8.90. The monoisotopic (exact) mass is 234 g/mol. The molecule has 2 atom stereocenters. The number of hydrogen-bond donors (Lipinski definition) is 2. The molecular weight excluding hydrogens is 212 g/mol. The summed E-state index contributed by atoms with van der Waals surface area (Å²) in [5.74, 6) is 0. The highest BCUT2D eigenvalue weighted by atomic mass is 16.3. The second kappa shape index (κ2) is 4.96. The molecule has 17 heavy (non-hydrogen) atoms. The van der Waals surface area contributed by atoms with Crippen molar-refractivity contribution in [3.8, 4) is 0 Å². The van der Waals surface area contributed by atoms with Crippen molar-refractivity contribution in [1.29, 1.82) is 0 Å². The molecule has 0 saturated heterocycles. The van der Waals surface area contributed by atoms with E-state index in [1.807, 2.05) is 18.2 Å². The van der Waals surface area contributed by atoms with E-state index in [9.17, 15) is 5.11 Å². The van der Waals surface area contributed by atoms with Gasteiger partial charge in [0.2, 0.25) is 0 Å². The predicted molar refractivity (Wildman–Crippen MR) is 72.3 cm³/mol. The van der Waals surface area contributed by atoms with Gasteiger partial charge in [0.05, 0.1) is 12.1 Å². The second-order valence-electron chi connectivity index (χ2n) is 5.08. The molecule has 1 saturated carbocycles. The Morgan fingerprint density at radius 1 is 1.29 bits per heavy atom. The third-order valence-corrected chi connectivity index (χ3v) is 3.79. The number of nitrogens with zero attached hydrogens (tertiary/aromatic N) is 1. The van der Waals surface area contributed by atoms with Crippen LogP contribution in [-0.4, -0.2) is 24.3 Å². The quantitative estimate of drug-likeness (QED) is 0.772. The summed E-state index contributed by atoms with van der Waals surface area (Å²) in [6.07, 6.45) is 4.14. The van der Waals surface area contributed by atoms with Crippen LogP contribution in [0.15, 0.2) is 18.2 Å². The fourth-order valence-corrected chi connectivity index (χ4v) is 2.80. The summed E-state index contributed by atoms with van der Waals surface area (Å²) >= 11 is 0. The number of aliphatic hydroxyl groups is 1. The first-order valence-corrected chi connectivity index (χ1v) is 6.36. The molecule has 0 amide bonds. The summed E-state index contributed by atoms with van der Waals surface area (Å²) < 4.78 is 0. The number of nitrogen functional groups attached to an aromatic ring is 1. The molecule has 1 aromatic rings. The van der Waals surface area contributed by atoms with Crippen LogP contribution in [0.5, 0.6) is 0 Å². The van der Waals surface area contributed by atoms with Gasteiger partial charge in [-0.1, -0.05) is 12.8 Å². The number of aliphatic hydroxyl groups excluding tert-OH is 1. The van der Waals surface area contributed by atoms with E-state index in [-0.39, 0.29) is 12.1 Å². The van der Waals surface area contributed by atoms with Gasteiger partial charge in [-0.25, -0.2) is 0 Å². The maximum atomic E-state index is 10.1. The van der Waals surface area contributed by atoms with E-state index in [0.29, 0.717) is 0 Å². The summed E-state index contributed by atoms with van der Waals surface area (Å²) in [6.45, 7) is 2.07. The lowest BCUT2D eigenvalue weighted by Gasteiger charge is -2.37. The van der Waals surface area contributed by atoms with E-state index in [1.165, 1.54) is 17.7 Å². The summed E-state index contributed by atoms with van der Waals surface area (Å²) in [7, 11) is 2.07. The van der Waals surface area contributed by atoms with Crippen molar-refractivity contribution in [2.45, 2.75) is 44.8 Å². The summed E-state index contributed by atoms with van der Waals surface area (Å²) in [5, 5.41) is 10.1. The minimum absolute atomic E-state index is 0.203. The Kier molecular flexibility index (Phi) is 3.57. The standard InChI is InChI=1S/C14H22N2O/c1-10-9-11(15)7-8-12(10)16(2)13-5-3-4-6-14(13)17/h7-9,13-14,17H,3-6,15H2,1-2H3. The van der Waals surface area contributed by atoms with Crippen LogP contribution in [0.4, 0.5) is 11.4 Å². The van der Waals surface area contributed by atoms with E-state index in [1.54, 1.807) is 0 Å². The molecular formula is C14H22N2O. The van der Waals surface area contributed by atoms with Crippen molar-refractivity contribution in [1.82, 2.24) is 0 Å². The third kappa shape index (κ3) is 2.55. The first-order valence-electron chi connectivity index (χ1n) is 6.36. The maximum absolute atomic E-state index is 10.1. The van der Waals surface area contributed by atoms with Crippen molar-refractivity contribution >= 4 is 11.4 Å². The highest BCUT2D eigenvalue weighted by Gasteiger charge is 2.27. The van der Waals surface area contributed by atoms with Gasteiger partial charge in [0.1, 0.15) is 0 Å². The first-order chi connectivity index (χ1) is 8.09. The molecule has 0 aromatic heterocycles. The average Bonchev–Trinajstić information content (AvgIpc) is 2.29. The Morgan fingerprint density at radius 2 is 2.00 bits per heavy atom. The number of anilines is 2. The van der Waals surface area contributed by atoms with Crippen molar-refractivity contribution in [3.05, 3.63) is 23.8 Å². The van der Waals surface area contributed by atoms with E-state index in [0.717, 1.165) is 24.9 Å². The number of rotatable bonds is 2. The van der Waals surface area contributed by atoms with Gasteiger partial charge in [-0.15, -0.1) is 0 Å². The van der Waals surface area contributed by atoms with E-state index in [2.05, 4.69) is 18.9 Å². The number of benzene rings is 1. The molecule has 3 heteroatoms. The highest BCUT2D eigenvalue weighted by molar-refractivity contribution is 5.59. The number of likely N-dealkylation sites (N-methyl/N-ethyl adjacent to an activating group) is 1. The van der Waals surface area contributed by atoms with E-state index < -0.39 is 0 Å². The minimum atomic E-state index is -0.203. The van der Waals surface area contributed by atoms with Crippen LogP contribution < -0.4 is 10.6 Å². The predicted octanol–water partition coefficient (Wildman–Crippen LogP) is 2.32. The summed E-state index contributed by atoms with van der Waals surface area (Å²) in [6, 6.07) is 6.20. The van der Waals surface area contributed by atoms with Crippen LogP contribution in [0, 0.1) is 6.92 Å². The molecule has 0 heterocycles. The van der Waals surface area contributed by atoms with Crippen LogP contribution in [0.1, 0.15) is 31.2 Å². The number of nitrogens with two attached hydrogens (primary N) is 1. The zero-order valence-electron chi connectivity index (χ0n) is 10.7. The van der Waals surface area contributed by atoms with Crippen LogP contribution in [-0.2, 0) is 0 Å². The molecule has 2 unspecified atom stereocenters. The molecule has 1 aliphatic rings. The molecule has 2 rings (SSSR count). The molecule has 1 aromatic carbocycles. The zero-order chi connectivity index (χ0) is 12.4. The normalized spacial score (nSPS) is 24.6. The molecule has 0 spiro atoms. The van der Waals surface area contributed by atoms with Gasteiger partial charge in [0, 0.05) is 18.4 Å². The molecule has 94 valence electrons. The van der Waals surface area contributed by atoms with Crippen molar-refractivity contribution in [3.63, 3.8) is 0 Å². The molecule has 1 fully saturated rings. The topological polar surface area (TPSA) is 49.5 Å². The lowest BCUT2D eigenvalue weighted by Crippen LogP contribution is -2.43. The smallest absolute Gasteiger partial charge is 0.0743 e. The Balaban J connectivity index is 2.20. The Bertz CT molecular complexity index is 392. The van der Waals surface area contributed by atoms with Crippen LogP contribution in [0.25, 0.3) is 0 Å².